The molecule has 104 valence electrons. The molecule has 0 radical (unpaired) electrons. The van der Waals surface area contributed by atoms with E-state index in [1.54, 1.807) is 0 Å². The van der Waals surface area contributed by atoms with E-state index in [-0.39, 0.29) is 22.9 Å². The number of nitrogens with zero attached hydrogens (tertiary/aromatic N) is 5. The molecule has 0 aliphatic rings. The fourth-order valence-corrected chi connectivity index (χ4v) is 1.72. The molecule has 0 unspecified atom stereocenters. The van der Waals surface area contributed by atoms with Crippen LogP contribution in [0, 0.1) is 10.1 Å². The maximum Gasteiger partial charge on any atom is 0.338 e. The van der Waals surface area contributed by atoms with Crippen LogP contribution in [0.1, 0.15) is 35.9 Å². The number of rotatable bonds is 4. The van der Waals surface area contributed by atoms with Crippen LogP contribution in [0.25, 0.3) is 5.69 Å². The molecule has 1 aromatic carbocycles. The molecule has 1 heterocycles. The number of hydrogen-bond acceptors (Lipinski definition) is 6. The highest BCUT2D eigenvalue weighted by molar-refractivity contribution is 5.92. The van der Waals surface area contributed by atoms with Crippen molar-refractivity contribution >= 4 is 11.7 Å². The minimum absolute atomic E-state index is 0.0261. The number of nitro groups is 1. The number of nitro benzene ring substituents is 1. The summed E-state index contributed by atoms with van der Waals surface area (Å²) < 4.78 is 1.28. The van der Waals surface area contributed by atoms with Crippen LogP contribution in [0.15, 0.2) is 18.2 Å². The van der Waals surface area contributed by atoms with Crippen LogP contribution >= 0.6 is 0 Å². The first kappa shape index (κ1) is 13.6. The fourth-order valence-electron chi connectivity index (χ4n) is 1.72. The van der Waals surface area contributed by atoms with E-state index in [0.717, 1.165) is 6.07 Å². The van der Waals surface area contributed by atoms with Crippen LogP contribution in [0.4, 0.5) is 5.69 Å². The van der Waals surface area contributed by atoms with Gasteiger partial charge in [-0.05, 0) is 16.5 Å². The zero-order valence-electron chi connectivity index (χ0n) is 10.7. The molecule has 0 spiro atoms. The van der Waals surface area contributed by atoms with Gasteiger partial charge in [0.05, 0.1) is 16.2 Å². The Morgan fingerprint density at radius 2 is 2.15 bits per heavy atom. The number of non-ortho nitro benzene ring substituents is 1. The summed E-state index contributed by atoms with van der Waals surface area (Å²) >= 11 is 0. The second-order valence-electron chi connectivity index (χ2n) is 4.37. The molecule has 0 fully saturated rings. The Balaban J connectivity index is 2.64. The molecule has 0 atom stereocenters. The molecule has 1 aromatic heterocycles. The van der Waals surface area contributed by atoms with Gasteiger partial charge in [-0.3, -0.25) is 10.1 Å². The van der Waals surface area contributed by atoms with Gasteiger partial charge in [-0.1, -0.05) is 13.8 Å². The van der Waals surface area contributed by atoms with E-state index < -0.39 is 10.9 Å². The third kappa shape index (κ3) is 2.32. The zero-order valence-corrected chi connectivity index (χ0v) is 10.7. The van der Waals surface area contributed by atoms with Crippen LogP contribution < -0.4 is 0 Å². The molecule has 0 amide bonds. The summed E-state index contributed by atoms with van der Waals surface area (Å²) in [4.78, 5) is 21.3. The van der Waals surface area contributed by atoms with E-state index >= 15 is 0 Å². The van der Waals surface area contributed by atoms with Gasteiger partial charge in [-0.25, -0.2) is 4.79 Å². The summed E-state index contributed by atoms with van der Waals surface area (Å²) in [5, 5.41) is 31.0. The van der Waals surface area contributed by atoms with Crippen LogP contribution in [0.5, 0.6) is 0 Å². The first-order valence-corrected chi connectivity index (χ1v) is 5.72. The third-order valence-corrected chi connectivity index (χ3v) is 2.66. The number of tetrazole rings is 1. The zero-order chi connectivity index (χ0) is 14.9. The molecule has 20 heavy (non-hydrogen) atoms. The van der Waals surface area contributed by atoms with Gasteiger partial charge in [0, 0.05) is 18.1 Å². The lowest BCUT2D eigenvalue weighted by Gasteiger charge is -2.09. The lowest BCUT2D eigenvalue weighted by atomic mass is 10.1. The average Bonchev–Trinajstić information content (AvgIpc) is 2.86. The number of benzene rings is 1. The number of aromatic carboxylic acids is 1. The minimum Gasteiger partial charge on any atom is -0.478 e. The molecule has 0 bridgehead atoms. The van der Waals surface area contributed by atoms with Crippen molar-refractivity contribution < 1.29 is 14.8 Å². The highest BCUT2D eigenvalue weighted by Gasteiger charge is 2.21. The van der Waals surface area contributed by atoms with Crippen molar-refractivity contribution in [3.63, 3.8) is 0 Å². The summed E-state index contributed by atoms with van der Waals surface area (Å²) in [5.74, 6) is -0.836. The topological polar surface area (TPSA) is 124 Å². The molecule has 0 saturated carbocycles. The largest absolute Gasteiger partial charge is 0.478 e. The van der Waals surface area contributed by atoms with Gasteiger partial charge in [0.1, 0.15) is 0 Å². The monoisotopic (exact) mass is 277 g/mol. The van der Waals surface area contributed by atoms with Crippen molar-refractivity contribution in [2.45, 2.75) is 19.8 Å². The SMILES string of the molecule is CC(C)c1nnnn1-c1ccc([N+](=O)[O-])cc1C(=O)O. The molecular weight excluding hydrogens is 266 g/mol. The van der Waals surface area contributed by atoms with Gasteiger partial charge < -0.3 is 5.11 Å². The molecule has 0 aliphatic heterocycles. The van der Waals surface area contributed by atoms with Crippen LogP contribution in [-0.2, 0) is 0 Å². The molecule has 9 nitrogen and oxygen atoms in total. The quantitative estimate of drug-likeness (QED) is 0.661. The number of carboxylic acid groups (broad SMARTS) is 1. The predicted octanol–water partition coefficient (Wildman–Crippen LogP) is 1.39. The number of aromatic nitrogens is 4. The van der Waals surface area contributed by atoms with Crippen molar-refractivity contribution in [3.05, 3.63) is 39.7 Å². The summed E-state index contributed by atoms with van der Waals surface area (Å²) in [6, 6.07) is 3.53. The van der Waals surface area contributed by atoms with Gasteiger partial charge in [0.15, 0.2) is 5.82 Å². The summed E-state index contributed by atoms with van der Waals surface area (Å²) in [7, 11) is 0. The normalized spacial score (nSPS) is 10.8. The Labute approximate surface area is 113 Å². The standard InChI is InChI=1S/C11H11N5O4/c1-6(2)10-12-13-14-15(10)9-4-3-7(16(19)20)5-8(9)11(17)18/h3-6H,1-2H3,(H,17,18). The molecule has 0 saturated heterocycles. The van der Waals surface area contributed by atoms with E-state index in [2.05, 4.69) is 15.5 Å². The number of carbonyl (C=O) groups is 1. The van der Waals surface area contributed by atoms with Crippen molar-refractivity contribution in [2.75, 3.05) is 0 Å². The molecule has 1 N–H and O–H groups in total. The highest BCUT2D eigenvalue weighted by atomic mass is 16.6. The smallest absolute Gasteiger partial charge is 0.338 e. The predicted molar refractivity (Wildman–Crippen MR) is 66.9 cm³/mol. The first-order chi connectivity index (χ1) is 9.41. The Morgan fingerprint density at radius 1 is 1.45 bits per heavy atom. The van der Waals surface area contributed by atoms with Gasteiger partial charge in [0.2, 0.25) is 0 Å². The maximum atomic E-state index is 11.3. The van der Waals surface area contributed by atoms with E-state index in [1.807, 2.05) is 13.8 Å². The fraction of sp³-hybridized carbons (Fsp3) is 0.273. The van der Waals surface area contributed by atoms with Crippen molar-refractivity contribution in [1.82, 2.24) is 20.2 Å². The van der Waals surface area contributed by atoms with Gasteiger partial charge in [0.25, 0.3) is 5.69 Å². The second-order valence-corrected chi connectivity index (χ2v) is 4.37. The maximum absolute atomic E-state index is 11.3. The van der Waals surface area contributed by atoms with E-state index in [1.165, 1.54) is 16.8 Å². The summed E-state index contributed by atoms with van der Waals surface area (Å²) in [6.45, 7) is 3.71. The Bertz CT molecular complexity index is 679. The van der Waals surface area contributed by atoms with E-state index in [9.17, 15) is 20.0 Å². The van der Waals surface area contributed by atoms with Crippen LogP contribution in [0.2, 0.25) is 0 Å². The van der Waals surface area contributed by atoms with Crippen LogP contribution in [-0.4, -0.2) is 36.2 Å². The molecule has 9 heteroatoms. The minimum atomic E-state index is -1.28. The Kier molecular flexibility index (Phi) is 3.42. The lowest BCUT2D eigenvalue weighted by Crippen LogP contribution is -2.11. The van der Waals surface area contributed by atoms with Crippen molar-refractivity contribution in [2.24, 2.45) is 0 Å². The highest BCUT2D eigenvalue weighted by Crippen LogP contribution is 2.23. The van der Waals surface area contributed by atoms with E-state index in [4.69, 9.17) is 0 Å². The summed E-state index contributed by atoms with van der Waals surface area (Å²) in [6.07, 6.45) is 0. The second kappa shape index (κ2) is 5.03. The van der Waals surface area contributed by atoms with Gasteiger partial charge in [-0.15, -0.1) is 5.10 Å². The van der Waals surface area contributed by atoms with Gasteiger partial charge >= 0.3 is 5.97 Å². The number of hydrogen-bond donors (Lipinski definition) is 1. The molecule has 2 rings (SSSR count). The van der Waals surface area contributed by atoms with Crippen molar-refractivity contribution in [1.29, 1.82) is 0 Å². The lowest BCUT2D eigenvalue weighted by molar-refractivity contribution is -0.384. The molecular formula is C11H11N5O4. The van der Waals surface area contributed by atoms with Crippen LogP contribution in [0.3, 0.4) is 0 Å². The average molecular weight is 277 g/mol. The van der Waals surface area contributed by atoms with Gasteiger partial charge in [-0.2, -0.15) is 4.68 Å². The molecule has 0 aliphatic carbocycles. The van der Waals surface area contributed by atoms with E-state index in [0.29, 0.717) is 5.82 Å². The van der Waals surface area contributed by atoms with Crippen molar-refractivity contribution in [3.8, 4) is 5.69 Å². The third-order valence-electron chi connectivity index (χ3n) is 2.66. The first-order valence-electron chi connectivity index (χ1n) is 5.72. The molecule has 2 aromatic rings. The Hall–Kier alpha value is -2.84. The summed E-state index contributed by atoms with van der Waals surface area (Å²) in [5.41, 5.74) is -0.337. The Morgan fingerprint density at radius 3 is 2.70 bits per heavy atom. The number of carboxylic acids is 1.